The lowest BCUT2D eigenvalue weighted by molar-refractivity contribution is 0.102. The lowest BCUT2D eigenvalue weighted by atomic mass is 10.0. The molecule has 2 N–H and O–H groups in total. The Balaban J connectivity index is 2.25. The van der Waals surface area contributed by atoms with Crippen LogP contribution in [0.1, 0.15) is 28.4 Å². The van der Waals surface area contributed by atoms with Crippen LogP contribution in [0.2, 0.25) is 0 Å². The Morgan fingerprint density at radius 1 is 1.36 bits per heavy atom. The second-order valence-corrected chi connectivity index (χ2v) is 7.84. The van der Waals surface area contributed by atoms with Crippen LogP contribution in [0.5, 0.6) is 5.75 Å². The van der Waals surface area contributed by atoms with Crippen molar-refractivity contribution in [2.45, 2.75) is 25.8 Å². The number of rotatable bonds is 4. The van der Waals surface area contributed by atoms with Crippen LogP contribution < -0.4 is 5.32 Å². The number of aromatic nitrogens is 1. The zero-order valence-corrected chi connectivity index (χ0v) is 14.0. The number of benzene rings is 1. The minimum Gasteiger partial charge on any atom is -0.507 e. The fourth-order valence-electron chi connectivity index (χ4n) is 1.76. The van der Waals surface area contributed by atoms with Crippen LogP contribution >= 0.6 is 11.3 Å². The van der Waals surface area contributed by atoms with Gasteiger partial charge in [-0.3, -0.25) is 10.1 Å². The Hall–Kier alpha value is -1.93. The van der Waals surface area contributed by atoms with Crippen LogP contribution in [0, 0.1) is 13.8 Å². The number of amides is 1. The Bertz CT molecular complexity index is 825. The van der Waals surface area contributed by atoms with Gasteiger partial charge in [-0.25, -0.2) is 13.4 Å². The number of hydrogen-bond donors (Lipinski definition) is 2. The van der Waals surface area contributed by atoms with Crippen molar-refractivity contribution in [1.29, 1.82) is 0 Å². The highest BCUT2D eigenvalue weighted by molar-refractivity contribution is 7.91. The molecule has 118 valence electrons. The standard InChI is InChI=1S/C14H16N2O4S2/c1-4-22(19,20)11-7-21-14(15-11)16-13(18)10-6-5-8(2)9(3)12(10)17/h5-7,17H,4H2,1-3H3,(H,15,16,18). The third kappa shape index (κ3) is 3.12. The summed E-state index contributed by atoms with van der Waals surface area (Å²) in [5.41, 5.74) is 1.62. The highest BCUT2D eigenvalue weighted by Gasteiger charge is 2.19. The Morgan fingerprint density at radius 3 is 2.68 bits per heavy atom. The van der Waals surface area contributed by atoms with E-state index in [9.17, 15) is 18.3 Å². The molecule has 2 rings (SSSR count). The topological polar surface area (TPSA) is 96.4 Å². The summed E-state index contributed by atoms with van der Waals surface area (Å²) in [4.78, 5) is 16.1. The highest BCUT2D eigenvalue weighted by atomic mass is 32.2. The summed E-state index contributed by atoms with van der Waals surface area (Å²) in [7, 11) is -3.40. The first-order chi connectivity index (χ1) is 10.3. The van der Waals surface area contributed by atoms with Gasteiger partial charge in [0.1, 0.15) is 5.75 Å². The summed E-state index contributed by atoms with van der Waals surface area (Å²) in [6, 6.07) is 3.25. The van der Waals surface area contributed by atoms with Crippen molar-refractivity contribution in [3.05, 3.63) is 34.2 Å². The second-order valence-electron chi connectivity index (χ2n) is 4.75. The number of carbonyl (C=O) groups is 1. The SMILES string of the molecule is CCS(=O)(=O)c1csc(NC(=O)c2ccc(C)c(C)c2O)n1. The van der Waals surface area contributed by atoms with Crippen molar-refractivity contribution in [3.63, 3.8) is 0 Å². The average molecular weight is 340 g/mol. The monoisotopic (exact) mass is 340 g/mol. The van der Waals surface area contributed by atoms with Crippen LogP contribution in [-0.4, -0.2) is 30.2 Å². The number of nitrogens with one attached hydrogen (secondary N) is 1. The Morgan fingerprint density at radius 2 is 2.05 bits per heavy atom. The van der Waals surface area contributed by atoms with Crippen LogP contribution in [0.3, 0.4) is 0 Å². The molecule has 0 radical (unpaired) electrons. The van der Waals surface area contributed by atoms with Gasteiger partial charge in [-0.15, -0.1) is 11.3 Å². The predicted molar refractivity (Wildman–Crippen MR) is 85.4 cm³/mol. The molecule has 0 fully saturated rings. The number of sulfone groups is 1. The quantitative estimate of drug-likeness (QED) is 0.891. The molecule has 1 aromatic carbocycles. The Kier molecular flexibility index (Phi) is 4.52. The summed E-state index contributed by atoms with van der Waals surface area (Å²) >= 11 is 1.02. The first kappa shape index (κ1) is 16.4. The molecule has 0 aliphatic carbocycles. The molecule has 0 aliphatic heterocycles. The maximum atomic E-state index is 12.2. The number of carbonyl (C=O) groups excluding carboxylic acids is 1. The van der Waals surface area contributed by atoms with Crippen molar-refractivity contribution < 1.29 is 18.3 Å². The van der Waals surface area contributed by atoms with E-state index in [1.54, 1.807) is 13.0 Å². The van der Waals surface area contributed by atoms with Gasteiger partial charge >= 0.3 is 0 Å². The smallest absolute Gasteiger partial charge is 0.261 e. The third-order valence-corrected chi connectivity index (χ3v) is 5.86. The van der Waals surface area contributed by atoms with E-state index in [-0.39, 0.29) is 27.2 Å². The van der Waals surface area contributed by atoms with Crippen molar-refractivity contribution in [3.8, 4) is 5.75 Å². The molecule has 6 nitrogen and oxygen atoms in total. The number of anilines is 1. The van der Waals surface area contributed by atoms with Gasteiger partial charge in [-0.2, -0.15) is 0 Å². The largest absolute Gasteiger partial charge is 0.507 e. The van der Waals surface area contributed by atoms with E-state index in [1.807, 2.05) is 6.92 Å². The van der Waals surface area contributed by atoms with Crippen LogP contribution in [-0.2, 0) is 9.84 Å². The molecule has 1 aromatic heterocycles. The third-order valence-electron chi connectivity index (χ3n) is 3.35. The van der Waals surface area contributed by atoms with E-state index in [0.717, 1.165) is 16.9 Å². The first-order valence-electron chi connectivity index (χ1n) is 6.55. The van der Waals surface area contributed by atoms with E-state index in [0.29, 0.717) is 5.56 Å². The van der Waals surface area contributed by atoms with E-state index < -0.39 is 15.7 Å². The van der Waals surface area contributed by atoms with Gasteiger partial charge in [0, 0.05) is 5.38 Å². The molecule has 1 heterocycles. The molecule has 0 bridgehead atoms. The summed E-state index contributed by atoms with van der Waals surface area (Å²) < 4.78 is 23.4. The normalized spacial score (nSPS) is 11.4. The van der Waals surface area contributed by atoms with Crippen molar-refractivity contribution >= 4 is 32.2 Å². The molecule has 0 unspecified atom stereocenters. The minimum atomic E-state index is -3.40. The molecule has 0 spiro atoms. The number of hydrogen-bond acceptors (Lipinski definition) is 6. The van der Waals surface area contributed by atoms with Gasteiger partial charge < -0.3 is 5.11 Å². The average Bonchev–Trinajstić information content (AvgIpc) is 2.94. The number of aromatic hydroxyl groups is 1. The fourth-order valence-corrected chi connectivity index (χ4v) is 3.64. The fraction of sp³-hybridized carbons (Fsp3) is 0.286. The van der Waals surface area contributed by atoms with Gasteiger partial charge in [-0.1, -0.05) is 13.0 Å². The van der Waals surface area contributed by atoms with E-state index >= 15 is 0 Å². The molecule has 8 heteroatoms. The zero-order valence-electron chi connectivity index (χ0n) is 12.4. The lowest BCUT2D eigenvalue weighted by Gasteiger charge is -2.08. The first-order valence-corrected chi connectivity index (χ1v) is 9.08. The number of aryl methyl sites for hydroxylation is 1. The molecular weight excluding hydrogens is 324 g/mol. The molecule has 22 heavy (non-hydrogen) atoms. The maximum Gasteiger partial charge on any atom is 0.261 e. The Labute approximate surface area is 132 Å². The molecular formula is C14H16N2O4S2. The molecule has 0 aliphatic rings. The van der Waals surface area contributed by atoms with E-state index in [2.05, 4.69) is 10.3 Å². The number of thiazole rings is 1. The number of phenolic OH excluding ortho intramolecular Hbond substituents is 1. The summed E-state index contributed by atoms with van der Waals surface area (Å²) in [6.45, 7) is 5.08. The minimum absolute atomic E-state index is 0.0535. The molecule has 0 atom stereocenters. The number of nitrogens with zero attached hydrogens (tertiary/aromatic N) is 1. The molecule has 2 aromatic rings. The van der Waals surface area contributed by atoms with E-state index in [4.69, 9.17) is 0 Å². The number of phenols is 1. The highest BCUT2D eigenvalue weighted by Crippen LogP contribution is 2.26. The van der Waals surface area contributed by atoms with Gasteiger partial charge in [0.15, 0.2) is 20.0 Å². The zero-order chi connectivity index (χ0) is 16.5. The van der Waals surface area contributed by atoms with Crippen LogP contribution in [0.25, 0.3) is 0 Å². The van der Waals surface area contributed by atoms with Crippen LogP contribution in [0.4, 0.5) is 5.13 Å². The predicted octanol–water partition coefficient (Wildman–Crippen LogP) is 2.51. The van der Waals surface area contributed by atoms with Gasteiger partial charge in [0.25, 0.3) is 5.91 Å². The molecule has 0 saturated carbocycles. The summed E-state index contributed by atoms with van der Waals surface area (Å²) in [5, 5.41) is 14.0. The van der Waals surface area contributed by atoms with E-state index in [1.165, 1.54) is 18.4 Å². The lowest BCUT2D eigenvalue weighted by Crippen LogP contribution is -2.13. The maximum absolute atomic E-state index is 12.2. The van der Waals surface area contributed by atoms with Crippen molar-refractivity contribution in [2.75, 3.05) is 11.1 Å². The second kappa shape index (κ2) is 6.05. The van der Waals surface area contributed by atoms with Crippen molar-refractivity contribution in [1.82, 2.24) is 4.98 Å². The molecule has 1 amide bonds. The molecule has 0 saturated heterocycles. The summed E-state index contributed by atoms with van der Waals surface area (Å²) in [6.07, 6.45) is 0. The van der Waals surface area contributed by atoms with Crippen LogP contribution in [0.15, 0.2) is 22.5 Å². The van der Waals surface area contributed by atoms with Crippen molar-refractivity contribution in [2.24, 2.45) is 0 Å². The van der Waals surface area contributed by atoms with Gasteiger partial charge in [0.2, 0.25) is 0 Å². The summed E-state index contributed by atoms with van der Waals surface area (Å²) in [5.74, 6) is -0.673. The van der Waals surface area contributed by atoms with Gasteiger partial charge in [0.05, 0.1) is 11.3 Å². The van der Waals surface area contributed by atoms with Gasteiger partial charge in [-0.05, 0) is 31.0 Å².